The maximum atomic E-state index is 11.6. The molecule has 0 saturated carbocycles. The minimum Gasteiger partial charge on any atom is -0.496 e. The molecular weight excluding hydrogens is 392 g/mol. The molecule has 0 fully saturated rings. The van der Waals surface area contributed by atoms with Crippen molar-refractivity contribution in [1.29, 1.82) is 0 Å². The van der Waals surface area contributed by atoms with Crippen LogP contribution in [-0.4, -0.2) is 23.1 Å². The number of thioether (sulfide) groups is 1. The molecule has 0 aliphatic heterocycles. The number of hydrogen-bond acceptors (Lipinski definition) is 7. The number of carbonyl (C=O) groups excluding carboxylic acids is 1. The minimum atomic E-state index is 0.0324. The summed E-state index contributed by atoms with van der Waals surface area (Å²) in [5.74, 6) is 2.69. The second-order valence-electron chi connectivity index (χ2n) is 7.15. The highest BCUT2D eigenvalue weighted by Gasteiger charge is 2.21. The van der Waals surface area contributed by atoms with Crippen LogP contribution in [0, 0.1) is 5.92 Å². The Balaban J connectivity index is 1.49. The van der Waals surface area contributed by atoms with Gasteiger partial charge in [0.05, 0.1) is 12.0 Å². The molecule has 0 N–H and O–H groups in total. The van der Waals surface area contributed by atoms with Gasteiger partial charge in [0, 0.05) is 21.8 Å². The van der Waals surface area contributed by atoms with Crippen LogP contribution in [0.15, 0.2) is 33.9 Å². The summed E-state index contributed by atoms with van der Waals surface area (Å²) >= 11 is 3.21. The van der Waals surface area contributed by atoms with Gasteiger partial charge in [-0.3, -0.25) is 4.79 Å². The number of thiophene rings is 1. The molecule has 4 rings (SSSR count). The van der Waals surface area contributed by atoms with Crippen molar-refractivity contribution in [1.82, 2.24) is 10.2 Å². The van der Waals surface area contributed by atoms with Gasteiger partial charge in [-0.15, -0.1) is 21.5 Å². The van der Waals surface area contributed by atoms with Gasteiger partial charge in [0.1, 0.15) is 5.75 Å². The third kappa shape index (κ3) is 4.00. The van der Waals surface area contributed by atoms with Crippen molar-refractivity contribution in [2.75, 3.05) is 7.11 Å². The van der Waals surface area contributed by atoms with Gasteiger partial charge in [-0.2, -0.15) is 0 Å². The summed E-state index contributed by atoms with van der Waals surface area (Å²) in [6.45, 7) is 3.86. The van der Waals surface area contributed by atoms with E-state index in [9.17, 15) is 4.79 Å². The Hall–Kier alpha value is -2.12. The molecule has 2 aromatic heterocycles. The molecule has 0 amide bonds. The third-order valence-corrected chi connectivity index (χ3v) is 7.08. The van der Waals surface area contributed by atoms with E-state index in [1.165, 1.54) is 28.6 Å². The average molecular weight is 415 g/mol. The Morgan fingerprint density at radius 1 is 1.36 bits per heavy atom. The van der Waals surface area contributed by atoms with Crippen molar-refractivity contribution in [2.45, 2.75) is 44.1 Å². The number of hydrogen-bond donors (Lipinski definition) is 0. The van der Waals surface area contributed by atoms with E-state index in [2.05, 4.69) is 23.2 Å². The van der Waals surface area contributed by atoms with E-state index >= 15 is 0 Å². The van der Waals surface area contributed by atoms with Crippen molar-refractivity contribution in [3.8, 4) is 16.5 Å². The lowest BCUT2D eigenvalue weighted by atomic mass is 9.90. The topological polar surface area (TPSA) is 65.2 Å². The van der Waals surface area contributed by atoms with Gasteiger partial charge in [0.25, 0.3) is 11.1 Å². The molecule has 0 spiro atoms. The SMILES string of the molecule is COc1ccc(C(C)=O)cc1CSc1nnc(-c2cc3c(s2)CC[C@H](C)C3)o1. The van der Waals surface area contributed by atoms with Crippen LogP contribution < -0.4 is 4.74 Å². The van der Waals surface area contributed by atoms with Crippen LogP contribution in [-0.2, 0) is 18.6 Å². The van der Waals surface area contributed by atoms with E-state index < -0.39 is 0 Å². The molecule has 7 heteroatoms. The number of rotatable bonds is 6. The molecule has 1 aromatic carbocycles. The quantitative estimate of drug-likeness (QED) is 0.396. The van der Waals surface area contributed by atoms with Gasteiger partial charge in [-0.05, 0) is 61.9 Å². The van der Waals surface area contributed by atoms with Crippen LogP contribution in [0.2, 0.25) is 0 Å². The van der Waals surface area contributed by atoms with Crippen LogP contribution in [0.4, 0.5) is 0 Å². The second-order valence-corrected chi connectivity index (χ2v) is 9.21. The Kier molecular flexibility index (Phi) is 5.55. The molecule has 1 aliphatic carbocycles. The van der Waals surface area contributed by atoms with Crippen molar-refractivity contribution < 1.29 is 13.9 Å². The minimum absolute atomic E-state index is 0.0324. The lowest BCUT2D eigenvalue weighted by Crippen LogP contribution is -2.07. The molecule has 0 unspecified atom stereocenters. The molecular formula is C21H22N2O3S2. The standard InChI is InChI=1S/C21H22N2O3S2/c1-12-4-7-18-15(8-12)10-19(28-18)20-22-23-21(26-20)27-11-16-9-14(13(2)24)5-6-17(16)25-3/h5-6,9-10,12H,4,7-8,11H2,1-3H3/t12-/m0/s1. The van der Waals surface area contributed by atoms with E-state index in [1.807, 2.05) is 12.1 Å². The van der Waals surface area contributed by atoms with Crippen LogP contribution >= 0.6 is 23.1 Å². The Bertz CT molecular complexity index is 1010. The second kappa shape index (κ2) is 8.09. The van der Waals surface area contributed by atoms with E-state index in [-0.39, 0.29) is 5.78 Å². The molecule has 0 radical (unpaired) electrons. The highest BCUT2D eigenvalue weighted by atomic mass is 32.2. The molecule has 2 heterocycles. The van der Waals surface area contributed by atoms with Crippen molar-refractivity contribution >= 4 is 28.9 Å². The maximum absolute atomic E-state index is 11.6. The first-order valence-electron chi connectivity index (χ1n) is 9.29. The summed E-state index contributed by atoms with van der Waals surface area (Å²) in [4.78, 5) is 14.1. The number of ether oxygens (including phenoxy) is 1. The summed E-state index contributed by atoms with van der Waals surface area (Å²) in [5.41, 5.74) is 3.03. The highest BCUT2D eigenvalue weighted by Crippen LogP contribution is 2.38. The zero-order chi connectivity index (χ0) is 19.7. The molecule has 3 aromatic rings. The fourth-order valence-electron chi connectivity index (χ4n) is 3.43. The number of aromatic nitrogens is 2. The van der Waals surface area contributed by atoms with Crippen molar-refractivity contribution in [2.24, 2.45) is 5.92 Å². The fraction of sp³-hybridized carbons (Fsp3) is 0.381. The first-order chi connectivity index (χ1) is 13.5. The first-order valence-corrected chi connectivity index (χ1v) is 11.1. The number of fused-ring (bicyclic) bond motifs is 1. The summed E-state index contributed by atoms with van der Waals surface area (Å²) in [5, 5.41) is 8.94. The van der Waals surface area contributed by atoms with Crippen LogP contribution in [0.5, 0.6) is 5.75 Å². The zero-order valence-corrected chi connectivity index (χ0v) is 17.8. The van der Waals surface area contributed by atoms with Crippen LogP contribution in [0.1, 0.15) is 46.6 Å². The maximum Gasteiger partial charge on any atom is 0.277 e. The largest absolute Gasteiger partial charge is 0.496 e. The number of aryl methyl sites for hydroxylation is 1. The molecule has 1 atom stereocenters. The molecule has 0 saturated heterocycles. The number of ketones is 1. The van der Waals surface area contributed by atoms with Gasteiger partial charge in [0.15, 0.2) is 5.78 Å². The lowest BCUT2D eigenvalue weighted by molar-refractivity contribution is 0.101. The van der Waals surface area contributed by atoms with Gasteiger partial charge >= 0.3 is 0 Å². The van der Waals surface area contributed by atoms with Gasteiger partial charge in [-0.1, -0.05) is 18.7 Å². The first kappa shape index (κ1) is 19.2. The monoisotopic (exact) mass is 414 g/mol. The molecule has 146 valence electrons. The normalized spacial score (nSPS) is 16.0. The number of benzene rings is 1. The third-order valence-electron chi connectivity index (χ3n) is 4.98. The van der Waals surface area contributed by atoms with Crippen molar-refractivity contribution in [3.63, 3.8) is 0 Å². The van der Waals surface area contributed by atoms with Gasteiger partial charge in [0.2, 0.25) is 0 Å². The van der Waals surface area contributed by atoms with Gasteiger partial charge in [-0.25, -0.2) is 0 Å². The summed E-state index contributed by atoms with van der Waals surface area (Å²) < 4.78 is 11.3. The predicted molar refractivity (Wildman–Crippen MR) is 111 cm³/mol. The number of nitrogens with zero attached hydrogens (tertiary/aromatic N) is 2. The predicted octanol–water partition coefficient (Wildman–Crippen LogP) is 5.43. The molecule has 5 nitrogen and oxygen atoms in total. The van der Waals surface area contributed by atoms with E-state index in [1.54, 1.807) is 31.4 Å². The summed E-state index contributed by atoms with van der Waals surface area (Å²) in [6.07, 6.45) is 3.52. The average Bonchev–Trinajstić information content (AvgIpc) is 3.32. The Morgan fingerprint density at radius 2 is 2.21 bits per heavy atom. The smallest absolute Gasteiger partial charge is 0.277 e. The lowest BCUT2D eigenvalue weighted by Gasteiger charge is -2.16. The van der Waals surface area contributed by atoms with E-state index in [0.29, 0.717) is 22.4 Å². The molecule has 28 heavy (non-hydrogen) atoms. The molecule has 1 aliphatic rings. The zero-order valence-electron chi connectivity index (χ0n) is 16.2. The number of carbonyl (C=O) groups is 1. The summed E-state index contributed by atoms with van der Waals surface area (Å²) in [6, 6.07) is 7.67. The Morgan fingerprint density at radius 3 is 3.00 bits per heavy atom. The van der Waals surface area contributed by atoms with Crippen LogP contribution in [0.25, 0.3) is 10.8 Å². The van der Waals surface area contributed by atoms with E-state index in [0.717, 1.165) is 34.9 Å². The number of Topliss-reactive ketones (excluding diaryl/α,β-unsaturated/α-hetero) is 1. The Labute approximate surface area is 172 Å². The van der Waals surface area contributed by atoms with Crippen molar-refractivity contribution in [3.05, 3.63) is 45.8 Å². The molecule has 0 bridgehead atoms. The van der Waals surface area contributed by atoms with E-state index in [4.69, 9.17) is 9.15 Å². The summed E-state index contributed by atoms with van der Waals surface area (Å²) in [7, 11) is 1.63. The van der Waals surface area contributed by atoms with Gasteiger partial charge < -0.3 is 9.15 Å². The number of methoxy groups -OCH3 is 1. The van der Waals surface area contributed by atoms with Crippen LogP contribution in [0.3, 0.4) is 0 Å². The highest BCUT2D eigenvalue weighted by molar-refractivity contribution is 7.98. The fourth-order valence-corrected chi connectivity index (χ4v) is 5.30.